The first kappa shape index (κ1) is 66.9. The van der Waals surface area contributed by atoms with Crippen LogP contribution in [0.4, 0.5) is 0 Å². The van der Waals surface area contributed by atoms with E-state index in [4.69, 9.17) is 56.5 Å². The maximum atomic E-state index is 13.9. The van der Waals surface area contributed by atoms with Crippen LogP contribution in [0.25, 0.3) is 0 Å². The third kappa shape index (κ3) is 16.8. The van der Waals surface area contributed by atoms with Crippen LogP contribution in [-0.2, 0) is 71.8 Å². The molecule has 7 atom stereocenters. The molecule has 6 rings (SSSR count). The molecule has 2 N–H and O–H groups in total. The number of esters is 3. The summed E-state index contributed by atoms with van der Waals surface area (Å²) in [6.07, 6.45) is -4.31. The van der Waals surface area contributed by atoms with Gasteiger partial charge in [0.2, 0.25) is 5.91 Å². The lowest BCUT2D eigenvalue weighted by molar-refractivity contribution is -0.279. The molecule has 23 heteroatoms. The van der Waals surface area contributed by atoms with Gasteiger partial charge >= 0.3 is 23.6 Å². The van der Waals surface area contributed by atoms with Crippen molar-refractivity contribution in [3.63, 3.8) is 0 Å². The van der Waals surface area contributed by atoms with E-state index in [0.717, 1.165) is 30.5 Å². The van der Waals surface area contributed by atoms with E-state index in [1.165, 1.54) is 24.6 Å². The van der Waals surface area contributed by atoms with Gasteiger partial charge in [-0.25, -0.2) is 4.79 Å². The summed E-state index contributed by atoms with van der Waals surface area (Å²) in [5, 5.41) is 2.68. The van der Waals surface area contributed by atoms with E-state index in [0.29, 0.717) is 23.6 Å². The van der Waals surface area contributed by atoms with E-state index in [1.807, 2.05) is 78.9 Å². The molecule has 0 saturated carbocycles. The molecule has 0 spiro atoms. The number of rotatable bonds is 30. The quantitative estimate of drug-likeness (QED) is 0.0190. The van der Waals surface area contributed by atoms with E-state index >= 15 is 0 Å². The van der Waals surface area contributed by atoms with Gasteiger partial charge in [-0.15, -0.1) is 0 Å². The van der Waals surface area contributed by atoms with Crippen molar-refractivity contribution in [2.75, 3.05) is 86.7 Å². The smallest absolute Gasteiger partial charge is 0.330 e. The molecule has 3 aromatic carbocycles. The molecule has 2 saturated heterocycles. The molecule has 462 valence electrons. The summed E-state index contributed by atoms with van der Waals surface area (Å²) in [5.74, 6) is -1.24. The second kappa shape index (κ2) is 30.7. The fourth-order valence-corrected chi connectivity index (χ4v) is 17.1. The number of carbonyl (C=O) groups is 4. The number of nitrogens with one attached hydrogen (secondary N) is 2. The van der Waals surface area contributed by atoms with Crippen molar-refractivity contribution in [1.29, 1.82) is 0 Å². The molecule has 4 aromatic rings. The van der Waals surface area contributed by atoms with Crippen molar-refractivity contribution >= 4 is 32.1 Å². The second-order valence-electron chi connectivity index (χ2n) is 22.2. The Morgan fingerprint density at radius 1 is 0.726 bits per heavy atom. The average molecular weight is 1190 g/mol. The van der Waals surface area contributed by atoms with E-state index in [2.05, 4.69) is 56.7 Å². The van der Waals surface area contributed by atoms with Gasteiger partial charge in [0, 0.05) is 59.1 Å². The van der Waals surface area contributed by atoms with Gasteiger partial charge in [0.1, 0.15) is 41.5 Å². The maximum absolute atomic E-state index is 13.9. The van der Waals surface area contributed by atoms with Crippen LogP contribution in [0.15, 0.2) is 94.6 Å². The number of H-pyrrole nitrogens is 1. The van der Waals surface area contributed by atoms with Gasteiger partial charge in [0.15, 0.2) is 33.0 Å². The molecule has 2 aliphatic heterocycles. The number of amides is 1. The molecule has 0 unspecified atom stereocenters. The lowest BCUT2D eigenvalue weighted by atomic mass is 9.79. The zero-order chi connectivity index (χ0) is 61.4. The SMILES string of the molecule is COc1ccc(C(OC[C@]2(CO[Si](C(C)C)(C(C)C)C(C)C)CN(CCOCCOCCO[C@@H]3O[C@H](COC(C)=O)[C@H](OC(C)=O)[C@H](OC(C)=O)[C@H]3NC(C)=O)C[C@H](n3cc(C)c(=O)[nH]c3=O)O2)(c2ccccc2)c2ccc(OC)cc2)cc1. The topological polar surface area (TPSA) is 249 Å². The van der Waals surface area contributed by atoms with Crippen molar-refractivity contribution in [1.82, 2.24) is 19.8 Å². The first-order valence-corrected chi connectivity index (χ1v) is 30.6. The van der Waals surface area contributed by atoms with Crippen LogP contribution in [0.2, 0.25) is 16.6 Å². The van der Waals surface area contributed by atoms with Crippen LogP contribution in [0.5, 0.6) is 11.5 Å². The predicted octanol–water partition coefficient (Wildman–Crippen LogP) is 6.34. The number of hydrogen-bond donors (Lipinski definition) is 2. The van der Waals surface area contributed by atoms with Crippen molar-refractivity contribution in [3.8, 4) is 11.5 Å². The normalized spacial score (nSPS) is 21.3. The Morgan fingerprint density at radius 3 is 1.81 bits per heavy atom. The van der Waals surface area contributed by atoms with Crippen molar-refractivity contribution in [2.24, 2.45) is 0 Å². The van der Waals surface area contributed by atoms with Crippen LogP contribution >= 0.6 is 0 Å². The average Bonchev–Trinajstić information content (AvgIpc) is 2.18. The summed E-state index contributed by atoms with van der Waals surface area (Å²) in [5.41, 5.74) is -0.190. The molecule has 3 heterocycles. The molecule has 84 heavy (non-hydrogen) atoms. The summed E-state index contributed by atoms with van der Waals surface area (Å²) in [7, 11) is 0.629. The van der Waals surface area contributed by atoms with Crippen LogP contribution < -0.4 is 26.0 Å². The van der Waals surface area contributed by atoms with E-state index in [9.17, 15) is 28.8 Å². The fraction of sp³-hybridized carbons (Fsp3) is 0.574. The summed E-state index contributed by atoms with van der Waals surface area (Å²) < 4.78 is 75.7. The van der Waals surface area contributed by atoms with Gasteiger partial charge in [0.25, 0.3) is 5.56 Å². The largest absolute Gasteiger partial charge is 0.497 e. The number of aromatic nitrogens is 2. The second-order valence-corrected chi connectivity index (χ2v) is 27.6. The highest BCUT2D eigenvalue weighted by Gasteiger charge is 2.53. The molecule has 2 fully saturated rings. The summed E-state index contributed by atoms with van der Waals surface area (Å²) in [6, 6.07) is 24.4. The number of nitrogens with zero attached hydrogens (tertiary/aromatic N) is 2. The highest BCUT2D eigenvalue weighted by molar-refractivity contribution is 6.77. The monoisotopic (exact) mass is 1190 g/mol. The van der Waals surface area contributed by atoms with E-state index in [-0.39, 0.29) is 82.6 Å². The van der Waals surface area contributed by atoms with E-state index in [1.54, 1.807) is 21.1 Å². The summed E-state index contributed by atoms with van der Waals surface area (Å²) >= 11 is 0. The van der Waals surface area contributed by atoms with Crippen molar-refractivity contribution < 1.29 is 75.7 Å². The number of benzene rings is 3. The number of hydrogen-bond acceptors (Lipinski definition) is 19. The minimum Gasteiger partial charge on any atom is -0.497 e. The summed E-state index contributed by atoms with van der Waals surface area (Å²) in [6.45, 7) is 20.9. The lowest BCUT2D eigenvalue weighted by Gasteiger charge is -2.50. The first-order valence-electron chi connectivity index (χ1n) is 28.5. The number of aryl methyl sites for hydroxylation is 1. The Bertz CT molecular complexity index is 2820. The van der Waals surface area contributed by atoms with E-state index < -0.39 is 91.5 Å². The third-order valence-electron chi connectivity index (χ3n) is 15.3. The molecule has 0 bridgehead atoms. The van der Waals surface area contributed by atoms with Gasteiger partial charge in [-0.1, -0.05) is 96.1 Å². The molecule has 2 aliphatic rings. The van der Waals surface area contributed by atoms with Gasteiger partial charge in [-0.05, 0) is 64.5 Å². The third-order valence-corrected chi connectivity index (χ3v) is 21.3. The van der Waals surface area contributed by atoms with Crippen LogP contribution in [0.3, 0.4) is 0 Å². The minimum absolute atomic E-state index is 0.0406. The fourth-order valence-electron chi connectivity index (χ4n) is 11.6. The molecular weight excluding hydrogens is 1100 g/mol. The Kier molecular flexibility index (Phi) is 24.4. The number of ether oxygens (including phenoxy) is 11. The Balaban J connectivity index is 1.27. The number of aromatic amines is 1. The maximum Gasteiger partial charge on any atom is 0.330 e. The molecule has 0 aliphatic carbocycles. The zero-order valence-corrected chi connectivity index (χ0v) is 51.8. The van der Waals surface area contributed by atoms with Crippen LogP contribution in [0, 0.1) is 6.92 Å². The molecule has 1 aromatic heterocycles. The Hall–Kier alpha value is -6.28. The highest BCUT2D eigenvalue weighted by Crippen LogP contribution is 2.46. The van der Waals surface area contributed by atoms with Crippen molar-refractivity contribution in [2.45, 2.75) is 141 Å². The number of methoxy groups -OCH3 is 2. The standard InChI is InChI=1S/C61H86N4O18Si/c1-39(2)84(40(3)4,41(5)6)79-38-60(37-78-61(47-17-15-14-16-18-47,48-19-23-50(72-12)24-20-48)49-21-25-51(73-13)26-22-49)36-64(34-53(83-60)65-33-42(7)57(70)63-59(65)71)27-28-74-29-30-75-31-32-76-58-54(62-43(8)66)56(81-46(11)69)55(80-45(10)68)52(82-58)35-77-44(9)67/h14-26,33,39-41,52-56,58H,27-32,34-38H2,1-13H3,(H,62,66)(H,63,70,71)/t52-,53-,54-,55+,56-,58-,60+/m1/s1. The Labute approximate surface area is 493 Å². The minimum atomic E-state index is -2.61. The first-order chi connectivity index (χ1) is 40.0. The highest BCUT2D eigenvalue weighted by atomic mass is 28.4. The van der Waals surface area contributed by atoms with Crippen molar-refractivity contribution in [3.05, 3.63) is 128 Å². The van der Waals surface area contributed by atoms with Gasteiger partial charge in [-0.2, -0.15) is 0 Å². The zero-order valence-electron chi connectivity index (χ0n) is 50.8. The number of morpholine rings is 1. The Morgan fingerprint density at radius 2 is 1.27 bits per heavy atom. The molecule has 0 radical (unpaired) electrons. The lowest BCUT2D eigenvalue weighted by Crippen LogP contribution is -2.66. The van der Waals surface area contributed by atoms with Gasteiger partial charge < -0.3 is 61.8 Å². The van der Waals surface area contributed by atoms with Gasteiger partial charge in [-0.3, -0.25) is 38.4 Å². The predicted molar refractivity (Wildman–Crippen MR) is 312 cm³/mol. The van der Waals surface area contributed by atoms with Crippen LogP contribution in [0.1, 0.15) is 97.7 Å². The van der Waals surface area contributed by atoms with Gasteiger partial charge in [0.05, 0.1) is 60.5 Å². The molecule has 22 nitrogen and oxygen atoms in total. The number of carbonyl (C=O) groups excluding carboxylic acids is 4. The molecule has 1 amide bonds. The molecular formula is C61H86N4O18Si. The summed E-state index contributed by atoms with van der Waals surface area (Å²) in [4.78, 5) is 80.1. The van der Waals surface area contributed by atoms with Crippen LogP contribution in [-0.4, -0.2) is 170 Å².